The van der Waals surface area contributed by atoms with Gasteiger partial charge in [-0.05, 0) is 49.2 Å². The van der Waals surface area contributed by atoms with Crippen LogP contribution in [0.2, 0.25) is 0 Å². The van der Waals surface area contributed by atoms with Gasteiger partial charge >= 0.3 is 0 Å². The molecule has 3 heterocycles. The number of hydrogen-bond acceptors (Lipinski definition) is 7. The van der Waals surface area contributed by atoms with E-state index in [-0.39, 0.29) is 17.7 Å². The van der Waals surface area contributed by atoms with Crippen LogP contribution < -0.4 is 20.3 Å². The number of carbonyl (C=O) groups is 2. The van der Waals surface area contributed by atoms with E-state index in [4.69, 9.17) is 15.5 Å². The van der Waals surface area contributed by atoms with Crippen LogP contribution in [-0.4, -0.2) is 68.1 Å². The Morgan fingerprint density at radius 2 is 1.65 bits per heavy atom. The largest absolute Gasteiger partial charge is 0.497 e. The minimum atomic E-state index is -0.273. The van der Waals surface area contributed by atoms with E-state index in [2.05, 4.69) is 21.9 Å². The van der Waals surface area contributed by atoms with Gasteiger partial charge in [0.2, 0.25) is 5.91 Å². The Morgan fingerprint density at radius 3 is 2.29 bits per heavy atom. The quantitative estimate of drug-likeness (QED) is 0.605. The van der Waals surface area contributed by atoms with Gasteiger partial charge in [0.15, 0.2) is 5.13 Å². The molecule has 34 heavy (non-hydrogen) atoms. The van der Waals surface area contributed by atoms with E-state index < -0.39 is 0 Å². The van der Waals surface area contributed by atoms with Crippen molar-refractivity contribution >= 4 is 44.2 Å². The van der Waals surface area contributed by atoms with Gasteiger partial charge in [-0.15, -0.1) is 0 Å². The summed E-state index contributed by atoms with van der Waals surface area (Å²) >= 11 is 1.64. The highest BCUT2D eigenvalue weighted by Crippen LogP contribution is 2.33. The van der Waals surface area contributed by atoms with Gasteiger partial charge in [-0.2, -0.15) is 0 Å². The van der Waals surface area contributed by atoms with Crippen molar-refractivity contribution in [3.05, 3.63) is 48.0 Å². The highest BCUT2D eigenvalue weighted by atomic mass is 32.1. The molecule has 8 nitrogen and oxygen atoms in total. The number of piperazine rings is 1. The number of primary amides is 1. The van der Waals surface area contributed by atoms with Crippen LogP contribution in [0.4, 0.5) is 10.8 Å². The van der Waals surface area contributed by atoms with Crippen LogP contribution in [0.3, 0.4) is 0 Å². The Balaban J connectivity index is 1.28. The highest BCUT2D eigenvalue weighted by Gasteiger charge is 2.28. The molecule has 2 N–H and O–H groups in total. The fourth-order valence-electron chi connectivity index (χ4n) is 4.73. The number of amides is 2. The van der Waals surface area contributed by atoms with Crippen molar-refractivity contribution in [2.75, 3.05) is 56.2 Å². The van der Waals surface area contributed by atoms with Crippen molar-refractivity contribution < 1.29 is 14.3 Å². The maximum absolute atomic E-state index is 13.3. The van der Waals surface area contributed by atoms with Crippen molar-refractivity contribution in [2.24, 2.45) is 11.7 Å². The molecular weight excluding hydrogens is 450 g/mol. The van der Waals surface area contributed by atoms with Gasteiger partial charge in [-0.1, -0.05) is 17.4 Å². The van der Waals surface area contributed by atoms with Crippen molar-refractivity contribution in [1.82, 2.24) is 9.88 Å². The summed E-state index contributed by atoms with van der Waals surface area (Å²) < 4.78 is 6.28. The average Bonchev–Trinajstić information content (AvgIpc) is 3.33. The molecule has 0 unspecified atom stereocenters. The number of benzene rings is 2. The number of carbonyl (C=O) groups excluding carboxylic acids is 2. The van der Waals surface area contributed by atoms with Gasteiger partial charge in [-0.3, -0.25) is 9.59 Å². The molecule has 2 aromatic carbocycles. The summed E-state index contributed by atoms with van der Waals surface area (Å²) in [5.41, 5.74) is 8.03. The molecule has 1 aromatic heterocycles. The molecule has 2 amide bonds. The Morgan fingerprint density at radius 1 is 0.971 bits per heavy atom. The van der Waals surface area contributed by atoms with Crippen molar-refractivity contribution in [3.8, 4) is 5.75 Å². The zero-order valence-corrected chi connectivity index (χ0v) is 20.1. The van der Waals surface area contributed by atoms with Crippen LogP contribution in [0.5, 0.6) is 5.75 Å². The van der Waals surface area contributed by atoms with Gasteiger partial charge in [-0.25, -0.2) is 4.98 Å². The predicted molar refractivity (Wildman–Crippen MR) is 135 cm³/mol. The summed E-state index contributed by atoms with van der Waals surface area (Å²) in [5.74, 6) is 0.432. The molecule has 5 rings (SSSR count). The SMILES string of the molecule is COc1ccc(N2CCN(c3nc4c(C(=O)N5CCC(C(N)=O)CC5)cccc4s3)CC2)cc1. The molecule has 2 saturated heterocycles. The molecule has 3 aromatic rings. The van der Waals surface area contributed by atoms with E-state index in [1.807, 2.05) is 35.2 Å². The van der Waals surface area contributed by atoms with Crippen molar-refractivity contribution in [1.29, 1.82) is 0 Å². The van der Waals surface area contributed by atoms with Gasteiger partial charge in [0.25, 0.3) is 5.91 Å². The second kappa shape index (κ2) is 9.50. The number of hydrogen-bond donors (Lipinski definition) is 1. The van der Waals surface area contributed by atoms with E-state index in [0.29, 0.717) is 31.5 Å². The van der Waals surface area contributed by atoms with Crippen LogP contribution in [0.15, 0.2) is 42.5 Å². The molecule has 0 radical (unpaired) electrons. The van der Waals surface area contributed by atoms with Crippen LogP contribution >= 0.6 is 11.3 Å². The van der Waals surface area contributed by atoms with Gasteiger partial charge in [0, 0.05) is 50.9 Å². The van der Waals surface area contributed by atoms with Gasteiger partial charge < -0.3 is 25.2 Å². The third-order valence-corrected chi connectivity index (χ3v) is 7.89. The summed E-state index contributed by atoms with van der Waals surface area (Å²) in [6, 6.07) is 14.0. The minimum absolute atomic E-state index is 0.0188. The molecule has 2 fully saturated rings. The maximum atomic E-state index is 13.3. The fraction of sp³-hybridized carbons (Fsp3) is 0.400. The summed E-state index contributed by atoms with van der Waals surface area (Å²) in [7, 11) is 1.68. The molecule has 0 saturated carbocycles. The molecule has 0 bridgehead atoms. The van der Waals surface area contributed by atoms with Crippen LogP contribution in [0.25, 0.3) is 10.2 Å². The number of nitrogens with zero attached hydrogens (tertiary/aromatic N) is 4. The standard InChI is InChI=1S/C25H29N5O3S/c1-33-19-7-5-18(6-8-19)28-13-15-30(16-14-28)25-27-22-20(3-2-4-21(22)34-25)24(32)29-11-9-17(10-12-29)23(26)31/h2-8,17H,9-16H2,1H3,(H2,26,31). The number of likely N-dealkylation sites (tertiary alicyclic amines) is 1. The molecule has 178 valence electrons. The number of rotatable bonds is 5. The first kappa shape index (κ1) is 22.5. The maximum Gasteiger partial charge on any atom is 0.256 e. The lowest BCUT2D eigenvalue weighted by atomic mass is 9.96. The summed E-state index contributed by atoms with van der Waals surface area (Å²) in [6.07, 6.45) is 1.25. The lowest BCUT2D eigenvalue weighted by Crippen LogP contribution is -2.46. The number of piperidine rings is 1. The number of para-hydroxylation sites is 1. The number of nitrogens with two attached hydrogens (primary N) is 1. The lowest BCUT2D eigenvalue weighted by molar-refractivity contribution is -0.123. The smallest absolute Gasteiger partial charge is 0.256 e. The monoisotopic (exact) mass is 479 g/mol. The molecule has 0 spiro atoms. The molecule has 0 aliphatic carbocycles. The van der Waals surface area contributed by atoms with E-state index in [0.717, 1.165) is 47.3 Å². The summed E-state index contributed by atoms with van der Waals surface area (Å²) in [6.45, 7) is 4.65. The third kappa shape index (κ3) is 4.40. The zero-order chi connectivity index (χ0) is 23.7. The molecule has 2 aliphatic heterocycles. The first-order chi connectivity index (χ1) is 16.5. The topological polar surface area (TPSA) is 92.0 Å². The Labute approximate surface area is 202 Å². The predicted octanol–water partition coefficient (Wildman–Crippen LogP) is 2.97. The zero-order valence-electron chi connectivity index (χ0n) is 19.3. The molecule has 0 atom stereocenters. The number of thiazole rings is 1. The van der Waals surface area contributed by atoms with Gasteiger partial charge in [0.05, 0.1) is 22.9 Å². The fourth-order valence-corrected chi connectivity index (χ4v) is 5.78. The van der Waals surface area contributed by atoms with Crippen LogP contribution in [-0.2, 0) is 4.79 Å². The van der Waals surface area contributed by atoms with E-state index in [1.54, 1.807) is 18.4 Å². The molecular formula is C25H29N5O3S. The summed E-state index contributed by atoms with van der Waals surface area (Å²) in [5, 5.41) is 0.956. The van der Waals surface area contributed by atoms with E-state index >= 15 is 0 Å². The second-order valence-corrected chi connectivity index (χ2v) is 9.80. The van der Waals surface area contributed by atoms with Crippen molar-refractivity contribution in [2.45, 2.75) is 12.8 Å². The Kier molecular flexibility index (Phi) is 6.28. The molecule has 9 heteroatoms. The summed E-state index contributed by atoms with van der Waals surface area (Å²) in [4.78, 5) is 36.1. The number of fused-ring (bicyclic) bond motifs is 1. The number of anilines is 2. The second-order valence-electron chi connectivity index (χ2n) is 8.79. The number of ether oxygens (including phenoxy) is 1. The minimum Gasteiger partial charge on any atom is -0.497 e. The highest BCUT2D eigenvalue weighted by molar-refractivity contribution is 7.22. The molecule has 2 aliphatic rings. The lowest BCUT2D eigenvalue weighted by Gasteiger charge is -2.36. The van der Waals surface area contributed by atoms with E-state index in [9.17, 15) is 9.59 Å². The third-order valence-electron chi connectivity index (χ3n) is 6.81. The van der Waals surface area contributed by atoms with Gasteiger partial charge in [0.1, 0.15) is 5.75 Å². The number of aromatic nitrogens is 1. The van der Waals surface area contributed by atoms with Crippen LogP contribution in [0, 0.1) is 5.92 Å². The normalized spacial score (nSPS) is 17.3. The Hall–Kier alpha value is -3.33. The van der Waals surface area contributed by atoms with E-state index in [1.165, 1.54) is 5.69 Å². The first-order valence-corrected chi connectivity index (χ1v) is 12.5. The first-order valence-electron chi connectivity index (χ1n) is 11.7. The number of methoxy groups -OCH3 is 1. The Bertz CT molecular complexity index is 1180. The average molecular weight is 480 g/mol. The van der Waals surface area contributed by atoms with Crippen molar-refractivity contribution in [3.63, 3.8) is 0 Å². The van der Waals surface area contributed by atoms with Crippen LogP contribution in [0.1, 0.15) is 23.2 Å².